The number of nitrogens with zero attached hydrogens (tertiary/aromatic N) is 11. The number of aryl methyl sites for hydroxylation is 4. The van der Waals surface area contributed by atoms with E-state index in [-0.39, 0.29) is 6.10 Å². The average molecular weight is 819 g/mol. The Labute approximate surface area is 343 Å². The summed E-state index contributed by atoms with van der Waals surface area (Å²) in [4.78, 5) is 30.9. The van der Waals surface area contributed by atoms with E-state index < -0.39 is 0 Å². The predicted octanol–water partition coefficient (Wildman–Crippen LogP) is 7.32. The molecule has 9 rings (SSSR count). The number of aldehydes is 1. The standard InChI is InChI=1S/C22H24ClN7O.C19H17ClN6O/c1-13-15(9-29-11-17(31)12-29)10-30(27-13)20-6-7-24-22(26-20)25-16-4-5-19-18(8-16)21(23)14(2)28(19)3;1-11-13(10-27)9-26(24-11)17-6-7-21-19(23-17)22-14-4-5-16-15(8-14)18(20)12(2)25(16)3/h4-8,10,17,31H,9,11-12H2,1-3H3,(H,24,25,26);4-10H,1-3H3,(H,21,22,23). The molecule has 58 heavy (non-hydrogen) atoms. The summed E-state index contributed by atoms with van der Waals surface area (Å²) in [6.07, 6.45) is 7.56. The summed E-state index contributed by atoms with van der Waals surface area (Å²) in [6.45, 7) is 9.96. The molecule has 0 atom stereocenters. The molecular formula is C41H41Cl2N13O2. The van der Waals surface area contributed by atoms with E-state index in [0.29, 0.717) is 47.9 Å². The highest BCUT2D eigenvalue weighted by atomic mass is 35.5. The third-order valence-corrected chi connectivity index (χ3v) is 11.4. The van der Waals surface area contributed by atoms with E-state index in [9.17, 15) is 9.90 Å². The molecule has 1 fully saturated rings. The van der Waals surface area contributed by atoms with Gasteiger partial charge in [-0.2, -0.15) is 20.2 Å². The summed E-state index contributed by atoms with van der Waals surface area (Å²) in [5.41, 5.74) is 9.15. The second-order valence-corrected chi connectivity index (χ2v) is 15.1. The first-order valence-electron chi connectivity index (χ1n) is 18.5. The first kappa shape index (κ1) is 38.7. The topological polar surface area (TPSA) is 162 Å². The van der Waals surface area contributed by atoms with Crippen LogP contribution in [0.15, 0.2) is 73.3 Å². The Morgan fingerprint density at radius 1 is 0.741 bits per heavy atom. The molecule has 296 valence electrons. The normalized spacial score (nSPS) is 13.1. The first-order valence-corrected chi connectivity index (χ1v) is 19.3. The van der Waals surface area contributed by atoms with Gasteiger partial charge in [-0.15, -0.1) is 0 Å². The molecule has 0 saturated carbocycles. The molecule has 7 heterocycles. The van der Waals surface area contributed by atoms with Crippen LogP contribution in [0.4, 0.5) is 23.3 Å². The van der Waals surface area contributed by atoms with Crippen LogP contribution in [0.25, 0.3) is 33.4 Å². The number of aromatic nitrogens is 10. The summed E-state index contributed by atoms with van der Waals surface area (Å²) in [7, 11) is 4.00. The third kappa shape index (κ3) is 7.52. The van der Waals surface area contributed by atoms with E-state index in [1.807, 2.05) is 83.5 Å². The quantitative estimate of drug-likeness (QED) is 0.125. The summed E-state index contributed by atoms with van der Waals surface area (Å²) < 4.78 is 7.47. The van der Waals surface area contributed by atoms with Crippen molar-refractivity contribution in [2.75, 3.05) is 23.7 Å². The summed E-state index contributed by atoms with van der Waals surface area (Å²) in [5, 5.41) is 28.3. The molecule has 6 aromatic heterocycles. The van der Waals surface area contributed by atoms with Crippen molar-refractivity contribution in [3.63, 3.8) is 0 Å². The minimum atomic E-state index is -0.209. The number of carbonyl (C=O) groups excluding carboxylic acids is 1. The fourth-order valence-corrected chi connectivity index (χ4v) is 7.49. The largest absolute Gasteiger partial charge is 0.390 e. The van der Waals surface area contributed by atoms with Crippen molar-refractivity contribution in [2.45, 2.75) is 40.3 Å². The van der Waals surface area contributed by atoms with E-state index in [0.717, 1.165) is 78.7 Å². The van der Waals surface area contributed by atoms with Gasteiger partial charge in [0, 0.05) is 121 Å². The van der Waals surface area contributed by atoms with E-state index in [4.69, 9.17) is 23.2 Å². The van der Waals surface area contributed by atoms with Crippen molar-refractivity contribution in [3.8, 4) is 11.6 Å². The van der Waals surface area contributed by atoms with Gasteiger partial charge in [-0.3, -0.25) is 9.69 Å². The molecule has 3 N–H and O–H groups in total. The molecular weight excluding hydrogens is 777 g/mol. The Bertz CT molecular complexity index is 2830. The summed E-state index contributed by atoms with van der Waals surface area (Å²) >= 11 is 12.9. The highest BCUT2D eigenvalue weighted by Gasteiger charge is 2.25. The van der Waals surface area contributed by atoms with E-state index in [1.165, 1.54) is 0 Å². The summed E-state index contributed by atoms with van der Waals surface area (Å²) in [6, 6.07) is 15.5. The lowest BCUT2D eigenvalue weighted by molar-refractivity contribution is -0.00297. The first-order chi connectivity index (χ1) is 27.9. The number of hydrogen-bond donors (Lipinski definition) is 3. The Balaban J connectivity index is 0.000000164. The van der Waals surface area contributed by atoms with Gasteiger partial charge in [0.05, 0.1) is 33.1 Å². The number of aliphatic hydroxyl groups is 1. The lowest BCUT2D eigenvalue weighted by Crippen LogP contribution is -2.49. The van der Waals surface area contributed by atoms with Crippen molar-refractivity contribution in [3.05, 3.63) is 117 Å². The van der Waals surface area contributed by atoms with E-state index >= 15 is 0 Å². The molecule has 15 nitrogen and oxygen atoms in total. The Hall–Kier alpha value is -6.13. The number of halogens is 2. The van der Waals surface area contributed by atoms with Crippen LogP contribution in [-0.2, 0) is 20.6 Å². The zero-order chi connectivity index (χ0) is 40.8. The highest BCUT2D eigenvalue weighted by Crippen LogP contribution is 2.33. The molecule has 1 saturated heterocycles. The second kappa shape index (κ2) is 15.7. The van der Waals surface area contributed by atoms with Crippen LogP contribution in [-0.4, -0.2) is 84.1 Å². The minimum absolute atomic E-state index is 0.209. The smallest absolute Gasteiger partial charge is 0.229 e. The maximum absolute atomic E-state index is 11.0. The summed E-state index contributed by atoms with van der Waals surface area (Å²) in [5.74, 6) is 2.17. The van der Waals surface area contributed by atoms with Crippen molar-refractivity contribution in [2.24, 2.45) is 14.1 Å². The van der Waals surface area contributed by atoms with Crippen molar-refractivity contribution in [1.82, 2.24) is 53.5 Å². The highest BCUT2D eigenvalue weighted by molar-refractivity contribution is 6.37. The van der Waals surface area contributed by atoms with Crippen LogP contribution in [0.5, 0.6) is 0 Å². The van der Waals surface area contributed by atoms with Crippen LogP contribution >= 0.6 is 23.2 Å². The van der Waals surface area contributed by atoms with Gasteiger partial charge in [0.25, 0.3) is 0 Å². The van der Waals surface area contributed by atoms with Gasteiger partial charge in [0.2, 0.25) is 11.9 Å². The Morgan fingerprint density at radius 2 is 1.24 bits per heavy atom. The lowest BCUT2D eigenvalue weighted by atomic mass is 10.1. The monoisotopic (exact) mass is 817 g/mol. The number of benzene rings is 2. The second-order valence-electron chi connectivity index (χ2n) is 14.4. The maximum atomic E-state index is 11.0. The number of rotatable bonds is 9. The predicted molar refractivity (Wildman–Crippen MR) is 226 cm³/mol. The van der Waals surface area contributed by atoms with Crippen LogP contribution in [0.1, 0.15) is 38.7 Å². The fraction of sp³-hybridized carbons (Fsp3) is 0.244. The maximum Gasteiger partial charge on any atom is 0.229 e. The fourth-order valence-electron chi connectivity index (χ4n) is 6.93. The zero-order valence-corrected chi connectivity index (χ0v) is 34.2. The van der Waals surface area contributed by atoms with Gasteiger partial charge in [0.1, 0.15) is 0 Å². The Kier molecular flexibility index (Phi) is 10.5. The molecule has 0 spiro atoms. The molecule has 2 aromatic carbocycles. The number of aliphatic hydroxyl groups excluding tert-OH is 1. The number of anilines is 4. The molecule has 17 heteroatoms. The van der Waals surface area contributed by atoms with E-state index in [2.05, 4.69) is 54.8 Å². The average Bonchev–Trinajstić information content (AvgIpc) is 3.90. The van der Waals surface area contributed by atoms with E-state index in [1.54, 1.807) is 40.9 Å². The number of β-amino-alcohol motifs (C(OH)–C–C–N with tert-alkyl or cyclic N) is 1. The molecule has 1 aliphatic rings. The molecule has 0 radical (unpaired) electrons. The van der Waals surface area contributed by atoms with Gasteiger partial charge >= 0.3 is 0 Å². The minimum Gasteiger partial charge on any atom is -0.390 e. The van der Waals surface area contributed by atoms with Crippen LogP contribution < -0.4 is 10.6 Å². The molecule has 0 amide bonds. The van der Waals surface area contributed by atoms with Crippen molar-refractivity contribution >= 4 is 74.6 Å². The number of nitrogens with one attached hydrogen (secondary N) is 2. The van der Waals surface area contributed by atoms with Crippen molar-refractivity contribution < 1.29 is 9.90 Å². The van der Waals surface area contributed by atoms with Crippen LogP contribution in [0, 0.1) is 27.7 Å². The zero-order valence-electron chi connectivity index (χ0n) is 32.7. The lowest BCUT2D eigenvalue weighted by Gasteiger charge is -2.35. The third-order valence-electron chi connectivity index (χ3n) is 10.5. The number of carbonyl (C=O) groups is 1. The van der Waals surface area contributed by atoms with Gasteiger partial charge in [-0.25, -0.2) is 19.3 Å². The Morgan fingerprint density at radius 3 is 1.72 bits per heavy atom. The van der Waals surface area contributed by atoms with Crippen LogP contribution in [0.2, 0.25) is 10.0 Å². The van der Waals surface area contributed by atoms with Crippen LogP contribution in [0.3, 0.4) is 0 Å². The molecule has 1 aliphatic heterocycles. The van der Waals surface area contributed by atoms with Gasteiger partial charge in [0.15, 0.2) is 17.9 Å². The van der Waals surface area contributed by atoms with Gasteiger partial charge in [-0.1, -0.05) is 23.2 Å². The van der Waals surface area contributed by atoms with Gasteiger partial charge < -0.3 is 24.9 Å². The number of hydrogen-bond acceptors (Lipinski definition) is 11. The molecule has 0 unspecified atom stereocenters. The molecule has 0 bridgehead atoms. The number of likely N-dealkylation sites (tertiary alicyclic amines) is 1. The molecule has 8 aromatic rings. The molecule has 0 aliphatic carbocycles. The van der Waals surface area contributed by atoms with Gasteiger partial charge in [-0.05, 0) is 64.1 Å². The van der Waals surface area contributed by atoms with Crippen molar-refractivity contribution in [1.29, 1.82) is 0 Å². The SMILES string of the molecule is Cc1nn(-c2ccnc(Nc3ccc4c(c3)c(Cl)c(C)n4C)n2)cc1C=O.Cc1nn(-c2ccnc(Nc3ccc4c(c3)c(Cl)c(C)n4C)n2)cc1CN1CC(O)C1. The number of fused-ring (bicyclic) bond motifs is 2.